The Morgan fingerprint density at radius 3 is 1.47 bits per heavy atom. The quantitative estimate of drug-likeness (QED) is 0.0641. The van der Waals surface area contributed by atoms with Crippen LogP contribution in [0.25, 0.3) is 0 Å². The Kier molecular flexibility index (Phi) is 29.3. The van der Waals surface area contributed by atoms with E-state index in [-0.39, 0.29) is 89.1 Å². The van der Waals surface area contributed by atoms with E-state index in [4.69, 9.17) is 75.0 Å². The van der Waals surface area contributed by atoms with Crippen molar-refractivity contribution in [3.05, 3.63) is 153 Å². The first-order valence-corrected chi connectivity index (χ1v) is 42.4. The molecule has 8 aliphatic heterocycles. The molecule has 6 saturated heterocycles. The van der Waals surface area contributed by atoms with Crippen LogP contribution < -0.4 is 10.6 Å². The van der Waals surface area contributed by atoms with Crippen LogP contribution in [0.2, 0.25) is 28.2 Å². The van der Waals surface area contributed by atoms with E-state index < -0.39 is 104 Å². The summed E-state index contributed by atoms with van der Waals surface area (Å²) in [6.07, 6.45) is 21.9. The van der Waals surface area contributed by atoms with E-state index in [1.807, 2.05) is 18.2 Å². The lowest BCUT2D eigenvalue weighted by atomic mass is 9.70. The van der Waals surface area contributed by atoms with E-state index in [0.29, 0.717) is 101 Å². The molecule has 2 aliphatic carbocycles. The molecule has 20 nitrogen and oxygen atoms in total. The van der Waals surface area contributed by atoms with Gasteiger partial charge in [-0.15, -0.1) is 0 Å². The molecule has 0 aromatic heterocycles. The molecular weight excluding hydrogens is 1450 g/mol. The molecule has 2 amide bonds. The molecule has 2 aromatic rings. The van der Waals surface area contributed by atoms with Gasteiger partial charge in [-0.3, -0.25) is 20.2 Å². The summed E-state index contributed by atoms with van der Waals surface area (Å²) < 4.78 is 70.7. The SMILES string of the molecule is C.CCC1OC2(CCC1C)CC1CC(C/C=C(\C)CC(C)/C=C/C=C3\COC4C(O)C(COC(=O)Nc5ccc(Cl)cc5)=CC(C(=O)O1)C34O)O2.CCC1OC2(CCC1C)CC1CC(C/C=C(\C)CC(C)/C=C/C=C3\COC4C(O[Si](C)(C)C(C)(C)C)C(COC(=O)Nc5ccc(Cl)cc5)=CC(C(=O)O1)C34O)O2.[B]. The number of aliphatic hydroxyl groups excluding tert-OH is 1. The van der Waals surface area contributed by atoms with E-state index in [9.17, 15) is 34.5 Å². The van der Waals surface area contributed by atoms with Gasteiger partial charge in [-0.2, -0.15) is 0 Å². The Labute approximate surface area is 658 Å². The Morgan fingerprint density at radius 1 is 0.624 bits per heavy atom. The highest BCUT2D eigenvalue weighted by Gasteiger charge is 2.64. The fourth-order valence-electron chi connectivity index (χ4n) is 16.8. The first-order valence-electron chi connectivity index (χ1n) is 38.7. The van der Waals surface area contributed by atoms with Crippen molar-refractivity contribution in [2.24, 2.45) is 35.5 Å². The highest BCUT2D eigenvalue weighted by atomic mass is 35.5. The fraction of sp³-hybridized carbons (Fsp3) is 0.624. The second-order valence-electron chi connectivity index (χ2n) is 33.3. The lowest BCUT2D eigenvalue weighted by Crippen LogP contribution is -2.61. The predicted molar refractivity (Wildman–Crippen MR) is 425 cm³/mol. The van der Waals surface area contributed by atoms with E-state index in [1.54, 1.807) is 60.7 Å². The highest BCUT2D eigenvalue weighted by Crippen LogP contribution is 2.52. The van der Waals surface area contributed by atoms with Gasteiger partial charge in [0.05, 0.1) is 43.7 Å². The third kappa shape index (κ3) is 20.5. The Balaban J connectivity index is 0.000000249. The standard InChI is InChI=1S/C45H64ClNO9Si.C39H50ClNO9.CH4.B/c1-10-38-30(4)20-21-44(55-38)25-36-24-35(54-44)19-14-29(3)22-28(2)12-11-13-32-27-51-40-39(56-57(8,9)43(5,6)7)31(23-37(41(48)53-36)45(32,40)50)26-52-42(49)47-34-17-15-33(46)16-18-34;1-5-33-25(4)15-16-38(50-33)20-31-19-30(49-38)14-9-24(3)17-23(2)7-6-8-27-22-46-35-34(42)26(18-32(36(43)48-31)39(27,35)45)21-47-37(44)41-29-12-10-28(40)11-13-29;;/h11-18,23,28,30,35-40,50H,10,19-22,24-27H2,1-9H3,(H,47,49);6-13,18,23,25,30-35,42,45H,5,14-17,19-22H2,1-4H3,(H,41,44);1H4;/b12-11+,29-14+,32-13+;7-6+,24-9+,27-8+;;. The fourth-order valence-corrected chi connectivity index (χ4v) is 18.3. The van der Waals surface area contributed by atoms with E-state index in [2.05, 4.69) is 124 Å². The van der Waals surface area contributed by atoms with Crippen LogP contribution in [0.4, 0.5) is 21.0 Å². The molecule has 20 atom stereocenters. The smallest absolute Gasteiger partial charge is 0.411 e. The van der Waals surface area contributed by atoms with Gasteiger partial charge in [-0.05, 0) is 178 Å². The zero-order valence-corrected chi connectivity index (χ0v) is 67.7. The van der Waals surface area contributed by atoms with E-state index in [0.717, 1.165) is 38.5 Å². The van der Waals surface area contributed by atoms with Gasteiger partial charge in [0.2, 0.25) is 0 Å². The maximum absolute atomic E-state index is 14.8. The summed E-state index contributed by atoms with van der Waals surface area (Å²) in [6.45, 7) is 27.5. The predicted octanol–water partition coefficient (Wildman–Crippen LogP) is 16.9. The first kappa shape index (κ1) is 87.3. The topological polar surface area (TPSA) is 255 Å². The summed E-state index contributed by atoms with van der Waals surface area (Å²) in [5, 5.41) is 43.2. The molecule has 8 heterocycles. The van der Waals surface area contributed by atoms with Crippen molar-refractivity contribution in [3.8, 4) is 0 Å². The molecule has 2 aromatic carbocycles. The van der Waals surface area contributed by atoms with E-state index in [1.165, 1.54) is 17.2 Å². The summed E-state index contributed by atoms with van der Waals surface area (Å²) in [7, 11) is -2.53. The summed E-state index contributed by atoms with van der Waals surface area (Å²) in [5.41, 5.74) is 1.58. The van der Waals surface area contributed by atoms with Crippen LogP contribution in [0.5, 0.6) is 0 Å². The Hall–Kier alpha value is -5.70. The Morgan fingerprint density at radius 2 is 1.04 bits per heavy atom. The second kappa shape index (κ2) is 36.6. The number of nitrogens with one attached hydrogen (secondary N) is 2. The number of esters is 2. The molecule has 12 rings (SSSR count). The molecule has 4 bridgehead atoms. The summed E-state index contributed by atoms with van der Waals surface area (Å²) in [6, 6.07) is 13.2. The third-order valence-electron chi connectivity index (χ3n) is 23.9. The normalized spacial score (nSPS) is 38.1. The number of carbonyl (C=O) groups excluding carboxylic acids is 4. The summed E-state index contributed by atoms with van der Waals surface area (Å²) in [4.78, 5) is 55.0. The summed E-state index contributed by atoms with van der Waals surface area (Å²) >= 11 is 12.0. The number of benzene rings is 2. The molecule has 109 heavy (non-hydrogen) atoms. The Bertz CT molecular complexity index is 3780. The van der Waals surface area contributed by atoms with Gasteiger partial charge in [0.15, 0.2) is 19.9 Å². The molecular formula is C85H118BCl2N2O18Si. The van der Waals surface area contributed by atoms with Crippen LogP contribution in [0.1, 0.15) is 173 Å². The number of amides is 2. The molecule has 0 saturated carbocycles. The van der Waals surface area contributed by atoms with Crippen LogP contribution in [0, 0.1) is 35.5 Å². The zero-order valence-electron chi connectivity index (χ0n) is 65.2. The lowest BCUT2D eigenvalue weighted by Gasteiger charge is -2.50. The largest absolute Gasteiger partial charge is 0.462 e. The van der Waals surface area contributed by atoms with Crippen LogP contribution in [0.15, 0.2) is 143 Å². The van der Waals surface area contributed by atoms with Crippen molar-refractivity contribution in [1.29, 1.82) is 0 Å². The molecule has 5 N–H and O–H groups in total. The number of halogens is 2. The van der Waals surface area contributed by atoms with Crippen LogP contribution >= 0.6 is 23.2 Å². The van der Waals surface area contributed by atoms with Crippen LogP contribution in [0.3, 0.4) is 0 Å². The minimum Gasteiger partial charge on any atom is -0.462 e. The number of hydrogen-bond acceptors (Lipinski definition) is 18. The van der Waals surface area contributed by atoms with Crippen molar-refractivity contribution >= 4 is 75.4 Å². The number of carbonyl (C=O) groups is 4. The maximum atomic E-state index is 14.8. The van der Waals surface area contributed by atoms with E-state index >= 15 is 0 Å². The monoisotopic (exact) mass is 1560 g/mol. The van der Waals surface area contributed by atoms with Crippen molar-refractivity contribution in [1.82, 2.24) is 0 Å². The molecule has 20 unspecified atom stereocenters. The van der Waals surface area contributed by atoms with Crippen LogP contribution in [-0.2, 0) is 61.4 Å². The maximum Gasteiger partial charge on any atom is 0.411 e. The average Bonchev–Trinajstić information content (AvgIpc) is 1.63. The van der Waals surface area contributed by atoms with Gasteiger partial charge in [-0.25, -0.2) is 9.59 Å². The number of rotatable bonds is 10. The van der Waals surface area contributed by atoms with Gasteiger partial charge in [0.1, 0.15) is 66.8 Å². The highest BCUT2D eigenvalue weighted by molar-refractivity contribution is 6.74. The minimum atomic E-state index is -2.53. The second-order valence-corrected chi connectivity index (χ2v) is 38.9. The van der Waals surface area contributed by atoms with Gasteiger partial charge >= 0.3 is 24.1 Å². The number of ether oxygens (including phenoxy) is 10. The van der Waals surface area contributed by atoms with Crippen molar-refractivity contribution in [2.45, 2.75) is 275 Å². The minimum absolute atomic E-state index is 0. The average molecular weight is 1570 g/mol. The lowest BCUT2D eigenvalue weighted by molar-refractivity contribution is -0.335. The van der Waals surface area contributed by atoms with Crippen molar-refractivity contribution in [2.75, 3.05) is 37.1 Å². The van der Waals surface area contributed by atoms with Gasteiger partial charge in [0, 0.05) is 68.4 Å². The van der Waals surface area contributed by atoms with Gasteiger partial charge < -0.3 is 67.1 Å². The molecule has 2 spiro atoms. The molecule has 24 heteroatoms. The van der Waals surface area contributed by atoms with Gasteiger partial charge in [-0.1, -0.05) is 165 Å². The van der Waals surface area contributed by atoms with Crippen molar-refractivity contribution in [3.63, 3.8) is 0 Å². The number of fused-ring (bicyclic) bond motifs is 4. The van der Waals surface area contributed by atoms with Crippen LogP contribution in [-0.4, -0.2) is 166 Å². The first-order chi connectivity index (χ1) is 50.7. The zero-order chi connectivity index (χ0) is 77.0. The molecule has 6 fully saturated rings. The molecule has 10 aliphatic rings. The number of anilines is 2. The van der Waals surface area contributed by atoms with Gasteiger partial charge in [0.25, 0.3) is 0 Å². The number of hydrogen-bond donors (Lipinski definition) is 5. The molecule has 597 valence electrons. The van der Waals surface area contributed by atoms with Crippen molar-refractivity contribution < 1.29 is 86.3 Å². The number of aliphatic hydroxyl groups is 3. The molecule has 3 radical (unpaired) electrons. The number of allylic oxidation sites excluding steroid dienone is 8. The third-order valence-corrected chi connectivity index (χ3v) is 28.8. The summed E-state index contributed by atoms with van der Waals surface area (Å²) in [5.74, 6) is -4.17.